The Morgan fingerprint density at radius 3 is 2.15 bits per heavy atom. The van der Waals surface area contributed by atoms with Crippen LogP contribution in [0.3, 0.4) is 0 Å². The van der Waals surface area contributed by atoms with Crippen LogP contribution in [0, 0.1) is 5.92 Å². The van der Waals surface area contributed by atoms with Crippen molar-refractivity contribution in [3.05, 3.63) is 58.6 Å². The third kappa shape index (κ3) is 4.24. The van der Waals surface area contributed by atoms with Crippen LogP contribution in [0.5, 0.6) is 0 Å². The lowest BCUT2D eigenvalue weighted by Crippen LogP contribution is -1.97. The van der Waals surface area contributed by atoms with E-state index in [0.717, 1.165) is 17.0 Å². The molecule has 2 rings (SSSR count). The normalized spacial score (nSPS) is 10.4. The highest BCUT2D eigenvalue weighted by Crippen LogP contribution is 2.25. The molecule has 0 bridgehead atoms. The minimum absolute atomic E-state index is 0. The van der Waals surface area contributed by atoms with Gasteiger partial charge in [0.25, 0.3) is 0 Å². The maximum Gasteiger partial charge on any atom is 0.0451 e. The van der Waals surface area contributed by atoms with Crippen LogP contribution in [0.1, 0.15) is 25.0 Å². The minimum atomic E-state index is 0. The molecule has 0 aromatic heterocycles. The first kappa shape index (κ1) is 17.0. The van der Waals surface area contributed by atoms with Gasteiger partial charge in [0.05, 0.1) is 0 Å². The summed E-state index contributed by atoms with van der Waals surface area (Å²) in [5.74, 6) is 0.685. The molecule has 0 heterocycles. The Morgan fingerprint density at radius 2 is 1.60 bits per heavy atom. The quantitative estimate of drug-likeness (QED) is 0.836. The van der Waals surface area contributed by atoms with Crippen LogP contribution in [0.2, 0.25) is 5.02 Å². The Bertz CT molecular complexity index is 547. The topological polar surface area (TPSA) is 26.0 Å². The Morgan fingerprint density at radius 1 is 1.00 bits per heavy atom. The zero-order valence-electron chi connectivity index (χ0n) is 11.9. The first-order valence-electron chi connectivity index (χ1n) is 6.68. The average Bonchev–Trinajstić information content (AvgIpc) is 2.40. The van der Waals surface area contributed by atoms with Crippen LogP contribution in [-0.4, -0.2) is 0 Å². The van der Waals surface area contributed by atoms with Crippen molar-refractivity contribution in [2.24, 2.45) is 11.7 Å². The monoisotopic (exact) mass is 309 g/mol. The van der Waals surface area contributed by atoms with Crippen LogP contribution < -0.4 is 5.73 Å². The van der Waals surface area contributed by atoms with Crippen molar-refractivity contribution in [3.8, 4) is 11.1 Å². The maximum atomic E-state index is 6.09. The third-order valence-electron chi connectivity index (χ3n) is 3.20. The molecule has 0 fully saturated rings. The molecule has 0 saturated carbocycles. The van der Waals surface area contributed by atoms with Gasteiger partial charge in [-0.2, -0.15) is 0 Å². The van der Waals surface area contributed by atoms with Crippen molar-refractivity contribution in [1.82, 2.24) is 0 Å². The highest BCUT2D eigenvalue weighted by atomic mass is 35.5. The molecule has 0 aliphatic heterocycles. The van der Waals surface area contributed by atoms with E-state index < -0.39 is 0 Å². The summed E-state index contributed by atoms with van der Waals surface area (Å²) in [6.07, 6.45) is 1.12. The fourth-order valence-electron chi connectivity index (χ4n) is 2.22. The lowest BCUT2D eigenvalue weighted by Gasteiger charge is -2.08. The molecule has 2 aromatic carbocycles. The van der Waals surface area contributed by atoms with Crippen molar-refractivity contribution >= 4 is 24.0 Å². The van der Waals surface area contributed by atoms with Gasteiger partial charge in [0.15, 0.2) is 0 Å². The van der Waals surface area contributed by atoms with Crippen LogP contribution in [0.15, 0.2) is 42.5 Å². The molecule has 0 saturated heterocycles. The van der Waals surface area contributed by atoms with E-state index in [9.17, 15) is 0 Å². The molecule has 3 heteroatoms. The molecule has 0 amide bonds. The molecule has 2 aromatic rings. The number of hydrogen-bond acceptors (Lipinski definition) is 1. The van der Waals surface area contributed by atoms with Gasteiger partial charge in [-0.3, -0.25) is 0 Å². The first-order chi connectivity index (χ1) is 9.10. The van der Waals surface area contributed by atoms with Gasteiger partial charge in [-0.15, -0.1) is 12.4 Å². The summed E-state index contributed by atoms with van der Waals surface area (Å²) >= 11 is 6.09. The van der Waals surface area contributed by atoms with Gasteiger partial charge in [0, 0.05) is 11.6 Å². The van der Waals surface area contributed by atoms with E-state index in [-0.39, 0.29) is 12.4 Å². The molecule has 20 heavy (non-hydrogen) atoms. The fourth-order valence-corrected chi connectivity index (χ4v) is 2.41. The maximum absolute atomic E-state index is 6.09. The Labute approximate surface area is 132 Å². The van der Waals surface area contributed by atoms with E-state index in [2.05, 4.69) is 44.2 Å². The second kappa shape index (κ2) is 7.68. The Hall–Kier alpha value is -1.02. The molecule has 0 aliphatic rings. The number of nitrogens with two attached hydrogens (primary N) is 1. The Balaban J connectivity index is 0.00000200. The lowest BCUT2D eigenvalue weighted by atomic mass is 9.98. The van der Waals surface area contributed by atoms with Crippen LogP contribution in [0.4, 0.5) is 0 Å². The average molecular weight is 310 g/mol. The summed E-state index contributed by atoms with van der Waals surface area (Å²) in [5.41, 5.74) is 10.4. The molecule has 0 unspecified atom stereocenters. The van der Waals surface area contributed by atoms with E-state index in [4.69, 9.17) is 17.3 Å². The van der Waals surface area contributed by atoms with E-state index >= 15 is 0 Å². The SMILES string of the molecule is CC(C)Cc1ccc(-c2ccc(Cl)c(CN)c2)cc1.Cl. The lowest BCUT2D eigenvalue weighted by molar-refractivity contribution is 0.647. The van der Waals surface area contributed by atoms with Crippen molar-refractivity contribution in [1.29, 1.82) is 0 Å². The van der Waals surface area contributed by atoms with Gasteiger partial charge in [0.1, 0.15) is 0 Å². The Kier molecular flexibility index (Phi) is 6.54. The number of hydrogen-bond donors (Lipinski definition) is 1. The number of benzene rings is 2. The van der Waals surface area contributed by atoms with Crippen LogP contribution in [-0.2, 0) is 13.0 Å². The van der Waals surface area contributed by atoms with E-state index in [1.165, 1.54) is 16.7 Å². The van der Waals surface area contributed by atoms with Crippen molar-refractivity contribution in [2.75, 3.05) is 0 Å². The van der Waals surface area contributed by atoms with Gasteiger partial charge in [-0.1, -0.05) is 55.8 Å². The number of halogens is 2. The summed E-state index contributed by atoms with van der Waals surface area (Å²) in [5, 5.41) is 0.739. The minimum Gasteiger partial charge on any atom is -0.326 e. The number of rotatable bonds is 4. The summed E-state index contributed by atoms with van der Waals surface area (Å²) in [6.45, 7) is 4.94. The molecule has 0 radical (unpaired) electrons. The van der Waals surface area contributed by atoms with E-state index in [1.807, 2.05) is 12.1 Å². The largest absolute Gasteiger partial charge is 0.326 e. The second-order valence-electron chi connectivity index (χ2n) is 5.31. The van der Waals surface area contributed by atoms with Crippen LogP contribution >= 0.6 is 24.0 Å². The summed E-state index contributed by atoms with van der Waals surface area (Å²) in [6, 6.07) is 14.8. The van der Waals surface area contributed by atoms with Crippen molar-refractivity contribution < 1.29 is 0 Å². The van der Waals surface area contributed by atoms with Gasteiger partial charge in [0.2, 0.25) is 0 Å². The molecule has 108 valence electrons. The van der Waals surface area contributed by atoms with Gasteiger partial charge in [-0.05, 0) is 46.7 Å². The summed E-state index contributed by atoms with van der Waals surface area (Å²) in [7, 11) is 0. The van der Waals surface area contributed by atoms with Gasteiger partial charge < -0.3 is 5.73 Å². The van der Waals surface area contributed by atoms with E-state index in [0.29, 0.717) is 12.5 Å². The van der Waals surface area contributed by atoms with E-state index in [1.54, 1.807) is 0 Å². The smallest absolute Gasteiger partial charge is 0.0451 e. The molecule has 0 aliphatic carbocycles. The molecule has 1 nitrogen and oxygen atoms in total. The predicted molar refractivity (Wildman–Crippen MR) is 90.6 cm³/mol. The zero-order valence-corrected chi connectivity index (χ0v) is 13.5. The fraction of sp³-hybridized carbons (Fsp3) is 0.294. The summed E-state index contributed by atoms with van der Waals surface area (Å²) < 4.78 is 0. The van der Waals surface area contributed by atoms with Crippen LogP contribution in [0.25, 0.3) is 11.1 Å². The first-order valence-corrected chi connectivity index (χ1v) is 7.05. The standard InChI is InChI=1S/C17H20ClN.ClH/c1-12(2)9-13-3-5-14(6-4-13)15-7-8-17(18)16(10-15)11-19;/h3-8,10,12H,9,11,19H2,1-2H3;1H. The second-order valence-corrected chi connectivity index (χ2v) is 5.71. The molecule has 0 atom stereocenters. The molecular weight excluding hydrogens is 289 g/mol. The molecular formula is C17H21Cl2N. The summed E-state index contributed by atoms with van der Waals surface area (Å²) in [4.78, 5) is 0. The zero-order chi connectivity index (χ0) is 13.8. The van der Waals surface area contributed by atoms with Crippen molar-refractivity contribution in [3.63, 3.8) is 0 Å². The molecule has 0 spiro atoms. The van der Waals surface area contributed by atoms with Gasteiger partial charge >= 0.3 is 0 Å². The molecule has 2 N–H and O–H groups in total. The highest BCUT2D eigenvalue weighted by molar-refractivity contribution is 6.31. The highest BCUT2D eigenvalue weighted by Gasteiger charge is 2.03. The van der Waals surface area contributed by atoms with Gasteiger partial charge in [-0.25, -0.2) is 0 Å². The third-order valence-corrected chi connectivity index (χ3v) is 3.57. The van der Waals surface area contributed by atoms with Crippen molar-refractivity contribution in [2.45, 2.75) is 26.8 Å². The predicted octanol–water partition coefficient (Wildman–Crippen LogP) is 5.09.